The normalized spacial score (nSPS) is 10.8. The molecule has 0 fully saturated rings. The number of hydrogen-bond acceptors (Lipinski definition) is 7. The average molecular weight is 298 g/mol. The van der Waals surface area contributed by atoms with E-state index in [-0.39, 0.29) is 12.2 Å². The molecule has 1 aromatic rings. The molecule has 0 saturated carbocycles. The fourth-order valence-corrected chi connectivity index (χ4v) is 1.20. The summed E-state index contributed by atoms with van der Waals surface area (Å²) in [6, 6.07) is 8.10. The van der Waals surface area contributed by atoms with Crippen molar-refractivity contribution in [3.05, 3.63) is 35.9 Å². The molecule has 0 aliphatic rings. The Balaban J connectivity index is 2.18. The predicted octanol–water partition coefficient (Wildman–Crippen LogP) is 2.66. The van der Waals surface area contributed by atoms with E-state index >= 15 is 0 Å². The molecule has 0 aromatic heterocycles. The fraction of sp³-hybridized carbons (Fsp3) is 0.429. The van der Waals surface area contributed by atoms with Crippen molar-refractivity contribution in [3.63, 3.8) is 0 Å². The minimum atomic E-state index is -1.11. The molecule has 0 unspecified atom stereocenters. The number of hydrogen-bond donors (Lipinski definition) is 0. The van der Waals surface area contributed by atoms with E-state index in [9.17, 15) is 9.59 Å². The molecule has 0 spiro atoms. The van der Waals surface area contributed by atoms with E-state index in [1.165, 1.54) is 12.1 Å². The first-order valence-corrected chi connectivity index (χ1v) is 6.27. The Hall–Kier alpha value is -2.12. The lowest BCUT2D eigenvalue weighted by Crippen LogP contribution is -2.25. The van der Waals surface area contributed by atoms with E-state index in [1.807, 2.05) is 13.8 Å². The van der Waals surface area contributed by atoms with E-state index in [0.29, 0.717) is 6.42 Å². The van der Waals surface area contributed by atoms with Crippen LogP contribution in [0.3, 0.4) is 0 Å². The lowest BCUT2D eigenvalue weighted by atomic mass is 10.1. The molecule has 1 aromatic carbocycles. The number of methoxy groups -OCH3 is 1. The first-order chi connectivity index (χ1) is 9.94. The van der Waals surface area contributed by atoms with E-state index in [1.54, 1.807) is 25.3 Å². The van der Waals surface area contributed by atoms with Gasteiger partial charge in [-0.1, -0.05) is 18.2 Å². The largest absolute Gasteiger partial charge is 0.543 e. The van der Waals surface area contributed by atoms with Crippen LogP contribution in [0.5, 0.6) is 0 Å². The van der Waals surface area contributed by atoms with Crippen LogP contribution in [0.25, 0.3) is 0 Å². The van der Waals surface area contributed by atoms with Crippen LogP contribution in [-0.2, 0) is 24.3 Å². The van der Waals surface area contributed by atoms with Gasteiger partial charge < -0.3 is 9.47 Å². The molecule has 7 heteroatoms. The van der Waals surface area contributed by atoms with Gasteiger partial charge in [-0.05, 0) is 26.0 Å². The Morgan fingerprint density at radius 2 is 1.76 bits per heavy atom. The molecule has 1 rings (SSSR count). The van der Waals surface area contributed by atoms with Crippen molar-refractivity contribution < 1.29 is 33.9 Å². The van der Waals surface area contributed by atoms with E-state index < -0.39 is 17.7 Å². The number of carbonyl (C=O) groups is 2. The van der Waals surface area contributed by atoms with E-state index in [0.717, 1.165) is 0 Å². The van der Waals surface area contributed by atoms with Crippen LogP contribution >= 0.6 is 0 Å². The molecular formula is C14H18O7. The molecular weight excluding hydrogens is 280 g/mol. The molecule has 0 atom stereocenters. The molecule has 21 heavy (non-hydrogen) atoms. The van der Waals surface area contributed by atoms with Crippen molar-refractivity contribution in [1.82, 2.24) is 0 Å². The summed E-state index contributed by atoms with van der Waals surface area (Å²) in [4.78, 5) is 31.0. The summed E-state index contributed by atoms with van der Waals surface area (Å²) in [7, 11) is 1.56. The molecule has 7 nitrogen and oxygen atoms in total. The van der Waals surface area contributed by atoms with E-state index in [2.05, 4.69) is 14.8 Å². The Labute approximate surface area is 122 Å². The van der Waals surface area contributed by atoms with Gasteiger partial charge in [0.25, 0.3) is 0 Å². The highest BCUT2D eigenvalue weighted by molar-refractivity contribution is 5.88. The maximum atomic E-state index is 11.4. The van der Waals surface area contributed by atoms with Gasteiger partial charge in [0.05, 0.1) is 22.8 Å². The van der Waals surface area contributed by atoms with Gasteiger partial charge in [-0.15, -0.1) is 0 Å². The molecule has 0 radical (unpaired) electrons. The molecule has 0 saturated heterocycles. The summed E-state index contributed by atoms with van der Waals surface area (Å²) in [6.45, 7) is 3.77. The van der Waals surface area contributed by atoms with Crippen LogP contribution in [0, 0.1) is 0 Å². The maximum Gasteiger partial charge on any atom is 0.543 e. The minimum absolute atomic E-state index is 0.0790. The van der Waals surface area contributed by atoms with Crippen LogP contribution in [-0.4, -0.2) is 31.4 Å². The summed E-state index contributed by atoms with van der Waals surface area (Å²) >= 11 is 0. The van der Waals surface area contributed by atoms with Gasteiger partial charge in [0.15, 0.2) is 0 Å². The van der Waals surface area contributed by atoms with E-state index in [4.69, 9.17) is 9.47 Å². The van der Waals surface area contributed by atoms with Crippen LogP contribution in [0.4, 0.5) is 4.79 Å². The molecule has 0 N–H and O–H groups in total. The van der Waals surface area contributed by atoms with Crippen molar-refractivity contribution >= 4 is 12.1 Å². The Bertz CT molecular complexity index is 456. The third kappa shape index (κ3) is 6.73. The lowest BCUT2D eigenvalue weighted by molar-refractivity contribution is -0.452. The second kappa shape index (κ2) is 8.23. The summed E-state index contributed by atoms with van der Waals surface area (Å²) in [5, 5.41) is 4.07. The third-order valence-corrected chi connectivity index (χ3v) is 2.70. The SMILES string of the molecule is COC(C)(C)CCOC(=O)OOOC(=O)c1ccccc1. The molecule has 0 aliphatic heterocycles. The van der Waals surface area contributed by atoms with Crippen molar-refractivity contribution in [3.8, 4) is 0 Å². The lowest BCUT2D eigenvalue weighted by Gasteiger charge is -2.21. The molecule has 0 aliphatic carbocycles. The maximum absolute atomic E-state index is 11.4. The minimum Gasteiger partial charge on any atom is -0.432 e. The standard InChI is InChI=1S/C14H18O7/c1-14(2,17-3)9-10-18-13(16)20-21-19-12(15)11-7-5-4-6-8-11/h4-8H,9-10H2,1-3H3. The van der Waals surface area contributed by atoms with Gasteiger partial charge in [-0.2, -0.15) is 0 Å². The summed E-state index contributed by atoms with van der Waals surface area (Å²) in [6.07, 6.45) is -0.634. The average Bonchev–Trinajstić information content (AvgIpc) is 2.48. The zero-order valence-corrected chi connectivity index (χ0v) is 12.2. The zero-order chi connectivity index (χ0) is 15.7. The highest BCUT2D eigenvalue weighted by atomic mass is 17.5. The summed E-state index contributed by atoms with van der Waals surface area (Å²) in [5.41, 5.74) is -0.155. The van der Waals surface area contributed by atoms with Crippen LogP contribution < -0.4 is 0 Å². The number of carbonyl (C=O) groups excluding carboxylic acids is 2. The van der Waals surface area contributed by atoms with Gasteiger partial charge in [-0.25, -0.2) is 14.5 Å². The first-order valence-electron chi connectivity index (χ1n) is 6.27. The van der Waals surface area contributed by atoms with Crippen molar-refractivity contribution in [2.75, 3.05) is 13.7 Å². The van der Waals surface area contributed by atoms with Crippen molar-refractivity contribution in [2.24, 2.45) is 0 Å². The van der Waals surface area contributed by atoms with Gasteiger partial charge in [0, 0.05) is 13.5 Å². The first kappa shape index (κ1) is 16.9. The van der Waals surface area contributed by atoms with Gasteiger partial charge in [-0.3, -0.25) is 4.89 Å². The predicted molar refractivity (Wildman–Crippen MR) is 71.1 cm³/mol. The molecule has 0 amide bonds. The van der Waals surface area contributed by atoms with Crippen LogP contribution in [0.2, 0.25) is 0 Å². The molecule has 0 heterocycles. The number of benzene rings is 1. The van der Waals surface area contributed by atoms with Crippen molar-refractivity contribution in [1.29, 1.82) is 0 Å². The Morgan fingerprint density at radius 3 is 2.38 bits per heavy atom. The second-order valence-electron chi connectivity index (χ2n) is 4.70. The van der Waals surface area contributed by atoms with Gasteiger partial charge >= 0.3 is 12.1 Å². The summed E-state index contributed by atoms with van der Waals surface area (Å²) < 4.78 is 9.86. The highest BCUT2D eigenvalue weighted by Gasteiger charge is 2.18. The van der Waals surface area contributed by atoms with Gasteiger partial charge in [0.2, 0.25) is 0 Å². The van der Waals surface area contributed by atoms with Crippen LogP contribution in [0.15, 0.2) is 30.3 Å². The third-order valence-electron chi connectivity index (χ3n) is 2.70. The summed E-state index contributed by atoms with van der Waals surface area (Å²) in [5.74, 6) is -0.788. The zero-order valence-electron chi connectivity index (χ0n) is 12.2. The van der Waals surface area contributed by atoms with Crippen LogP contribution in [0.1, 0.15) is 30.6 Å². The second-order valence-corrected chi connectivity index (χ2v) is 4.70. The molecule has 116 valence electrons. The Kier molecular flexibility index (Phi) is 6.64. The fourth-order valence-electron chi connectivity index (χ4n) is 1.20. The van der Waals surface area contributed by atoms with Gasteiger partial charge in [0.1, 0.15) is 0 Å². The smallest absolute Gasteiger partial charge is 0.432 e. The number of ether oxygens (including phenoxy) is 2. The van der Waals surface area contributed by atoms with Crippen molar-refractivity contribution in [2.45, 2.75) is 25.9 Å². The highest BCUT2D eigenvalue weighted by Crippen LogP contribution is 2.12. The monoisotopic (exact) mass is 298 g/mol. The number of rotatable bonds is 7. The molecule has 0 bridgehead atoms. The Morgan fingerprint density at radius 1 is 1.10 bits per heavy atom. The quantitative estimate of drug-likeness (QED) is 0.435. The topological polar surface area (TPSA) is 80.3 Å².